The highest BCUT2D eigenvalue weighted by molar-refractivity contribution is 7.18. The lowest BCUT2D eigenvalue weighted by Gasteiger charge is -2.33. The van der Waals surface area contributed by atoms with Crippen LogP contribution < -0.4 is 10.1 Å². The smallest absolute Gasteiger partial charge is 0.410 e. The lowest BCUT2D eigenvalue weighted by atomic mass is 9.97. The quantitative estimate of drug-likeness (QED) is 0.487. The fourth-order valence-corrected chi connectivity index (χ4v) is 4.98. The number of carboxylic acid groups (broad SMARTS) is 2. The van der Waals surface area contributed by atoms with Crippen molar-refractivity contribution in [3.8, 4) is 16.2 Å². The molecule has 0 saturated carbocycles. The Morgan fingerprint density at radius 1 is 1.19 bits per heavy atom. The molecule has 1 aromatic heterocycles. The van der Waals surface area contributed by atoms with Crippen molar-refractivity contribution in [2.24, 2.45) is 5.92 Å². The number of aliphatic carboxylic acids is 1. The summed E-state index contributed by atoms with van der Waals surface area (Å²) in [6, 6.07) is 6.94. The number of hydrogen-bond donors (Lipinski definition) is 3. The third-order valence-electron chi connectivity index (χ3n) is 5.46. The van der Waals surface area contributed by atoms with Gasteiger partial charge in [0.05, 0.1) is 5.92 Å². The molecular weight excluding hydrogens is 488 g/mol. The van der Waals surface area contributed by atoms with Gasteiger partial charge in [-0.2, -0.15) is 0 Å². The first kappa shape index (κ1) is 27.0. The highest BCUT2D eigenvalue weighted by Crippen LogP contribution is 2.42. The van der Waals surface area contributed by atoms with Gasteiger partial charge in [-0.15, -0.1) is 11.3 Å². The number of carbonyl (C=O) groups excluding carboxylic acids is 2. The van der Waals surface area contributed by atoms with Crippen molar-refractivity contribution in [3.05, 3.63) is 34.7 Å². The Kier molecular flexibility index (Phi) is 8.24. The van der Waals surface area contributed by atoms with Crippen molar-refractivity contribution >= 4 is 41.0 Å². The Balaban J connectivity index is 1.76. The van der Waals surface area contributed by atoms with Crippen LogP contribution in [0.5, 0.6) is 5.75 Å². The van der Waals surface area contributed by atoms with Crippen molar-refractivity contribution in [2.45, 2.75) is 46.1 Å². The summed E-state index contributed by atoms with van der Waals surface area (Å²) in [5.74, 6) is -3.03. The molecule has 0 aliphatic carbocycles. The third kappa shape index (κ3) is 6.75. The minimum absolute atomic E-state index is 0.0174. The SMILES string of the molecule is Cc1c(-c2cccc(NC(=O)C3CCCN(C(=O)OC(C)(C)C)C3)c2)sc(C(=O)O)c1OCC(=O)O. The molecule has 11 heteroatoms. The average Bonchev–Trinajstić information content (AvgIpc) is 3.13. The number of rotatable bonds is 7. The van der Waals surface area contributed by atoms with Crippen molar-refractivity contribution in [1.82, 2.24) is 4.90 Å². The maximum absolute atomic E-state index is 13.0. The topological polar surface area (TPSA) is 142 Å². The molecule has 1 aliphatic rings. The van der Waals surface area contributed by atoms with Gasteiger partial charge in [0.15, 0.2) is 11.5 Å². The normalized spacial score (nSPS) is 15.8. The first-order chi connectivity index (χ1) is 16.9. The van der Waals surface area contributed by atoms with Crippen LogP contribution in [0.25, 0.3) is 10.4 Å². The molecule has 194 valence electrons. The summed E-state index contributed by atoms with van der Waals surface area (Å²) in [7, 11) is 0. The minimum atomic E-state index is -1.22. The lowest BCUT2D eigenvalue weighted by molar-refractivity contribution is -0.139. The zero-order chi connectivity index (χ0) is 26.6. The number of amides is 2. The number of carbonyl (C=O) groups is 4. The van der Waals surface area contributed by atoms with Gasteiger partial charge in [-0.3, -0.25) is 4.79 Å². The number of likely N-dealkylation sites (tertiary alicyclic amines) is 1. The van der Waals surface area contributed by atoms with Crippen LogP contribution in [0, 0.1) is 12.8 Å². The second kappa shape index (κ2) is 11.0. The van der Waals surface area contributed by atoms with E-state index in [-0.39, 0.29) is 23.1 Å². The molecule has 0 spiro atoms. The van der Waals surface area contributed by atoms with Gasteiger partial charge in [0.2, 0.25) is 5.91 Å². The molecule has 1 unspecified atom stereocenters. The van der Waals surface area contributed by atoms with E-state index in [4.69, 9.17) is 14.6 Å². The van der Waals surface area contributed by atoms with Crippen molar-refractivity contribution in [2.75, 3.05) is 25.0 Å². The fourth-order valence-electron chi connectivity index (χ4n) is 3.89. The molecule has 1 aromatic carbocycles. The van der Waals surface area contributed by atoms with E-state index in [0.717, 1.165) is 11.3 Å². The molecule has 0 radical (unpaired) electrons. The second-order valence-corrected chi connectivity index (χ2v) is 10.6. The average molecular weight is 519 g/mol. The largest absolute Gasteiger partial charge is 0.480 e. The number of piperidine rings is 1. The summed E-state index contributed by atoms with van der Waals surface area (Å²) >= 11 is 0.974. The van der Waals surface area contributed by atoms with Crippen LogP contribution in [-0.4, -0.2) is 64.3 Å². The summed E-state index contributed by atoms with van der Waals surface area (Å²) in [6.07, 6.45) is 0.884. The highest BCUT2D eigenvalue weighted by Gasteiger charge is 2.31. The molecule has 1 fully saturated rings. The van der Waals surface area contributed by atoms with E-state index in [0.29, 0.717) is 41.1 Å². The van der Waals surface area contributed by atoms with Gasteiger partial charge in [0.1, 0.15) is 11.4 Å². The Bertz CT molecular complexity index is 1170. The fraction of sp³-hybridized carbons (Fsp3) is 0.440. The zero-order valence-corrected chi connectivity index (χ0v) is 21.4. The van der Waals surface area contributed by atoms with Gasteiger partial charge in [0.25, 0.3) is 0 Å². The molecule has 3 rings (SSSR count). The van der Waals surface area contributed by atoms with Gasteiger partial charge in [-0.05, 0) is 58.2 Å². The monoisotopic (exact) mass is 518 g/mol. The van der Waals surface area contributed by atoms with E-state index in [9.17, 15) is 24.3 Å². The highest BCUT2D eigenvalue weighted by atomic mass is 32.1. The van der Waals surface area contributed by atoms with Crippen LogP contribution in [0.15, 0.2) is 24.3 Å². The van der Waals surface area contributed by atoms with Gasteiger partial charge >= 0.3 is 18.0 Å². The first-order valence-corrected chi connectivity index (χ1v) is 12.3. The molecule has 10 nitrogen and oxygen atoms in total. The summed E-state index contributed by atoms with van der Waals surface area (Å²) in [6.45, 7) is 7.18. The molecule has 0 bridgehead atoms. The third-order valence-corrected chi connectivity index (χ3v) is 6.77. The maximum atomic E-state index is 13.0. The number of anilines is 1. The van der Waals surface area contributed by atoms with Crippen LogP contribution >= 0.6 is 11.3 Å². The van der Waals surface area contributed by atoms with Crippen LogP contribution in [0.2, 0.25) is 0 Å². The molecule has 36 heavy (non-hydrogen) atoms. The van der Waals surface area contributed by atoms with E-state index in [1.165, 1.54) is 0 Å². The number of hydrogen-bond acceptors (Lipinski definition) is 7. The maximum Gasteiger partial charge on any atom is 0.410 e. The molecule has 3 N–H and O–H groups in total. The number of benzene rings is 1. The molecule has 1 saturated heterocycles. The number of ether oxygens (including phenoxy) is 2. The van der Waals surface area contributed by atoms with Crippen LogP contribution in [0.4, 0.5) is 10.5 Å². The van der Waals surface area contributed by atoms with E-state index < -0.39 is 36.2 Å². The Morgan fingerprint density at radius 2 is 1.92 bits per heavy atom. The Morgan fingerprint density at radius 3 is 2.56 bits per heavy atom. The van der Waals surface area contributed by atoms with E-state index in [2.05, 4.69) is 5.32 Å². The predicted octanol–water partition coefficient (Wildman–Crippen LogP) is 4.47. The lowest BCUT2D eigenvalue weighted by Crippen LogP contribution is -2.45. The summed E-state index contributed by atoms with van der Waals surface area (Å²) in [4.78, 5) is 50.1. The van der Waals surface area contributed by atoms with Crippen LogP contribution in [0.1, 0.15) is 48.8 Å². The van der Waals surface area contributed by atoms with Crippen molar-refractivity contribution in [1.29, 1.82) is 0 Å². The Labute approximate surface area is 212 Å². The number of thiophene rings is 1. The van der Waals surface area contributed by atoms with Crippen LogP contribution in [-0.2, 0) is 14.3 Å². The zero-order valence-electron chi connectivity index (χ0n) is 20.6. The van der Waals surface area contributed by atoms with Gasteiger partial charge in [-0.1, -0.05) is 12.1 Å². The molecule has 2 aromatic rings. The van der Waals surface area contributed by atoms with Gasteiger partial charge in [-0.25, -0.2) is 14.4 Å². The number of carboxylic acids is 2. The van der Waals surface area contributed by atoms with E-state index in [1.54, 1.807) is 56.9 Å². The minimum Gasteiger partial charge on any atom is -0.480 e. The Hall–Kier alpha value is -3.60. The summed E-state index contributed by atoms with van der Waals surface area (Å²) in [5.41, 5.74) is 1.06. The van der Waals surface area contributed by atoms with E-state index in [1.807, 2.05) is 0 Å². The van der Waals surface area contributed by atoms with Gasteiger partial charge < -0.3 is 29.9 Å². The number of nitrogens with one attached hydrogen (secondary N) is 1. The molecule has 2 amide bonds. The second-order valence-electron chi connectivity index (χ2n) is 9.54. The van der Waals surface area contributed by atoms with Crippen LogP contribution in [0.3, 0.4) is 0 Å². The predicted molar refractivity (Wildman–Crippen MR) is 134 cm³/mol. The first-order valence-electron chi connectivity index (χ1n) is 11.5. The molecule has 1 atom stereocenters. The standard InChI is InChI=1S/C25H30N2O8S/c1-14-19(34-13-18(28)29)21(23(31)32)36-20(14)15-7-5-9-17(11-15)26-22(30)16-8-6-10-27(12-16)24(33)35-25(2,3)4/h5,7,9,11,16H,6,8,10,12-13H2,1-4H3,(H,26,30)(H,28,29)(H,31,32). The summed E-state index contributed by atoms with van der Waals surface area (Å²) < 4.78 is 10.7. The van der Waals surface area contributed by atoms with Crippen molar-refractivity contribution in [3.63, 3.8) is 0 Å². The molecule has 1 aliphatic heterocycles. The molecule has 2 heterocycles. The summed E-state index contributed by atoms with van der Waals surface area (Å²) in [5, 5.41) is 21.3. The number of aromatic carboxylic acids is 1. The van der Waals surface area contributed by atoms with Crippen molar-refractivity contribution < 1.29 is 38.9 Å². The number of nitrogens with zero attached hydrogens (tertiary/aromatic N) is 1. The molecular formula is C25H30N2O8S. The van der Waals surface area contributed by atoms with Gasteiger partial charge in [0, 0.05) is 29.2 Å². The van der Waals surface area contributed by atoms with E-state index >= 15 is 0 Å².